The number of benzene rings is 1. The van der Waals surface area contributed by atoms with Gasteiger partial charge in [-0.05, 0) is 18.4 Å². The number of hydrogen-bond acceptors (Lipinski definition) is 2. The van der Waals surface area contributed by atoms with Crippen molar-refractivity contribution in [3.63, 3.8) is 0 Å². The molecule has 0 spiro atoms. The highest BCUT2D eigenvalue weighted by atomic mass is 16.4. The van der Waals surface area contributed by atoms with E-state index in [-0.39, 0.29) is 12.5 Å². The number of urea groups is 1. The van der Waals surface area contributed by atoms with Gasteiger partial charge in [-0.2, -0.15) is 0 Å². The van der Waals surface area contributed by atoms with Gasteiger partial charge in [-0.15, -0.1) is 0 Å². The van der Waals surface area contributed by atoms with Crippen molar-refractivity contribution in [2.45, 2.75) is 33.2 Å². The Morgan fingerprint density at radius 2 is 1.86 bits per heavy atom. The van der Waals surface area contributed by atoms with Gasteiger partial charge in [-0.3, -0.25) is 0 Å². The van der Waals surface area contributed by atoms with Crippen LogP contribution in [0, 0.1) is 5.92 Å². The molecule has 0 bridgehead atoms. The first-order valence-electron chi connectivity index (χ1n) is 7.26. The molecular formula is C16H24N2O3. The number of rotatable bonds is 7. The highest BCUT2D eigenvalue weighted by Gasteiger charge is 2.23. The Bertz CT molecular complexity index is 460. The van der Waals surface area contributed by atoms with Crippen LogP contribution in [-0.2, 0) is 11.2 Å². The van der Waals surface area contributed by atoms with Gasteiger partial charge in [-0.25, -0.2) is 9.59 Å². The van der Waals surface area contributed by atoms with Crippen molar-refractivity contribution in [3.05, 3.63) is 35.9 Å². The van der Waals surface area contributed by atoms with Crippen molar-refractivity contribution in [2.75, 3.05) is 13.1 Å². The molecule has 116 valence electrons. The average molecular weight is 292 g/mol. The average Bonchev–Trinajstić information content (AvgIpc) is 2.44. The summed E-state index contributed by atoms with van der Waals surface area (Å²) in [6, 6.07) is 8.05. The quantitative estimate of drug-likeness (QED) is 0.810. The van der Waals surface area contributed by atoms with E-state index >= 15 is 0 Å². The molecule has 0 aliphatic heterocycles. The molecule has 2 N–H and O–H groups in total. The molecule has 2 amide bonds. The van der Waals surface area contributed by atoms with Crippen LogP contribution in [0.15, 0.2) is 30.3 Å². The number of aliphatic carboxylic acids is 1. The van der Waals surface area contributed by atoms with Crippen molar-refractivity contribution >= 4 is 12.0 Å². The summed E-state index contributed by atoms with van der Waals surface area (Å²) in [7, 11) is 0. The Labute approximate surface area is 126 Å². The summed E-state index contributed by atoms with van der Waals surface area (Å²) in [6.07, 6.45) is 0.279. The third kappa shape index (κ3) is 5.85. The summed E-state index contributed by atoms with van der Waals surface area (Å²) in [5.74, 6) is -0.680. The number of carbonyl (C=O) groups excluding carboxylic acids is 1. The van der Waals surface area contributed by atoms with Gasteiger partial charge in [0.15, 0.2) is 0 Å². The molecule has 0 radical (unpaired) electrons. The maximum Gasteiger partial charge on any atom is 0.326 e. The number of amides is 2. The maximum absolute atomic E-state index is 12.2. The van der Waals surface area contributed by atoms with E-state index in [9.17, 15) is 14.7 Å². The van der Waals surface area contributed by atoms with E-state index in [0.717, 1.165) is 5.56 Å². The second-order valence-electron chi connectivity index (χ2n) is 5.46. The Balaban J connectivity index is 2.69. The molecular weight excluding hydrogens is 268 g/mol. The Morgan fingerprint density at radius 1 is 1.24 bits per heavy atom. The third-order valence-electron chi connectivity index (χ3n) is 3.13. The fourth-order valence-electron chi connectivity index (χ4n) is 2.09. The summed E-state index contributed by atoms with van der Waals surface area (Å²) in [5.41, 5.74) is 0.886. The Hall–Kier alpha value is -2.04. The molecule has 0 fully saturated rings. The van der Waals surface area contributed by atoms with Crippen LogP contribution >= 0.6 is 0 Å². The minimum Gasteiger partial charge on any atom is -0.480 e. The normalized spacial score (nSPS) is 12.0. The van der Waals surface area contributed by atoms with Crippen LogP contribution in [0.5, 0.6) is 0 Å². The van der Waals surface area contributed by atoms with Crippen LogP contribution in [0.4, 0.5) is 4.79 Å². The van der Waals surface area contributed by atoms with Crippen molar-refractivity contribution in [3.8, 4) is 0 Å². The first kappa shape index (κ1) is 17.0. The van der Waals surface area contributed by atoms with Crippen LogP contribution in [0.1, 0.15) is 26.3 Å². The molecule has 0 saturated carbocycles. The summed E-state index contributed by atoms with van der Waals surface area (Å²) >= 11 is 0. The smallest absolute Gasteiger partial charge is 0.326 e. The molecule has 0 aromatic heterocycles. The number of carboxylic acid groups (broad SMARTS) is 1. The summed E-state index contributed by atoms with van der Waals surface area (Å²) in [5, 5.41) is 11.9. The fraction of sp³-hybridized carbons (Fsp3) is 0.500. The van der Waals surface area contributed by atoms with E-state index < -0.39 is 12.0 Å². The van der Waals surface area contributed by atoms with E-state index in [1.54, 1.807) is 4.90 Å². The monoisotopic (exact) mass is 292 g/mol. The second kappa shape index (κ2) is 8.29. The molecule has 0 aliphatic carbocycles. The molecule has 1 unspecified atom stereocenters. The largest absolute Gasteiger partial charge is 0.480 e. The van der Waals surface area contributed by atoms with Crippen LogP contribution in [-0.4, -0.2) is 41.1 Å². The lowest BCUT2D eigenvalue weighted by atomic mass is 10.1. The summed E-state index contributed by atoms with van der Waals surface area (Å²) in [4.78, 5) is 25.1. The van der Waals surface area contributed by atoms with Crippen LogP contribution in [0.2, 0.25) is 0 Å². The minimum absolute atomic E-state index is 0.279. The van der Waals surface area contributed by atoms with Gasteiger partial charge in [0.05, 0.1) is 0 Å². The fourth-order valence-corrected chi connectivity index (χ4v) is 2.09. The van der Waals surface area contributed by atoms with Gasteiger partial charge in [0.25, 0.3) is 0 Å². The van der Waals surface area contributed by atoms with Crippen molar-refractivity contribution in [2.24, 2.45) is 5.92 Å². The second-order valence-corrected chi connectivity index (χ2v) is 5.46. The zero-order chi connectivity index (χ0) is 15.8. The lowest BCUT2D eigenvalue weighted by molar-refractivity contribution is -0.139. The van der Waals surface area contributed by atoms with Crippen LogP contribution in [0.25, 0.3) is 0 Å². The molecule has 1 atom stereocenters. The van der Waals surface area contributed by atoms with Crippen molar-refractivity contribution in [1.82, 2.24) is 10.2 Å². The number of carbonyl (C=O) groups is 2. The van der Waals surface area contributed by atoms with Crippen LogP contribution in [0.3, 0.4) is 0 Å². The highest BCUT2D eigenvalue weighted by Crippen LogP contribution is 2.05. The molecule has 1 aromatic carbocycles. The first-order chi connectivity index (χ1) is 9.93. The predicted molar refractivity (Wildman–Crippen MR) is 82.2 cm³/mol. The number of hydrogen-bond donors (Lipinski definition) is 2. The lowest BCUT2D eigenvalue weighted by Gasteiger charge is -2.25. The van der Waals surface area contributed by atoms with E-state index in [1.807, 2.05) is 51.1 Å². The lowest BCUT2D eigenvalue weighted by Crippen LogP contribution is -2.49. The van der Waals surface area contributed by atoms with Crippen molar-refractivity contribution < 1.29 is 14.7 Å². The van der Waals surface area contributed by atoms with Gasteiger partial charge >= 0.3 is 12.0 Å². The van der Waals surface area contributed by atoms with Gasteiger partial charge in [0, 0.05) is 19.5 Å². The van der Waals surface area contributed by atoms with E-state index in [4.69, 9.17) is 0 Å². The zero-order valence-corrected chi connectivity index (χ0v) is 12.9. The number of carboxylic acids is 1. The number of nitrogens with one attached hydrogen (secondary N) is 1. The predicted octanol–water partition coefficient (Wildman–Crippen LogP) is 2.37. The van der Waals surface area contributed by atoms with Gasteiger partial charge < -0.3 is 15.3 Å². The summed E-state index contributed by atoms with van der Waals surface area (Å²) in [6.45, 7) is 7.10. The highest BCUT2D eigenvalue weighted by molar-refractivity contribution is 5.82. The number of nitrogens with zero attached hydrogens (tertiary/aromatic N) is 1. The molecule has 5 nitrogen and oxygen atoms in total. The minimum atomic E-state index is -1.02. The molecule has 0 aliphatic rings. The molecule has 21 heavy (non-hydrogen) atoms. The standard InChI is InChI=1S/C16H24N2O3/c1-4-18(11-12(2)3)16(21)17-14(15(19)20)10-13-8-6-5-7-9-13/h5-9,12,14H,4,10-11H2,1-3H3,(H,17,21)(H,19,20). The van der Waals surface area contributed by atoms with E-state index in [0.29, 0.717) is 19.0 Å². The zero-order valence-electron chi connectivity index (χ0n) is 12.9. The maximum atomic E-state index is 12.2. The SMILES string of the molecule is CCN(CC(C)C)C(=O)NC(Cc1ccccc1)C(=O)O. The van der Waals surface area contributed by atoms with Gasteiger partial charge in [0.1, 0.15) is 6.04 Å². The van der Waals surface area contributed by atoms with E-state index in [2.05, 4.69) is 5.32 Å². The van der Waals surface area contributed by atoms with Gasteiger partial charge in [0.2, 0.25) is 0 Å². The Morgan fingerprint density at radius 3 is 2.33 bits per heavy atom. The summed E-state index contributed by atoms with van der Waals surface area (Å²) < 4.78 is 0. The molecule has 0 heterocycles. The third-order valence-corrected chi connectivity index (χ3v) is 3.13. The Kier molecular flexibility index (Phi) is 6.72. The topological polar surface area (TPSA) is 69.6 Å². The first-order valence-corrected chi connectivity index (χ1v) is 7.26. The van der Waals surface area contributed by atoms with Crippen molar-refractivity contribution in [1.29, 1.82) is 0 Å². The molecule has 5 heteroatoms. The molecule has 1 aromatic rings. The molecule has 0 saturated heterocycles. The van der Waals surface area contributed by atoms with E-state index in [1.165, 1.54) is 0 Å². The van der Waals surface area contributed by atoms with Gasteiger partial charge in [-0.1, -0.05) is 44.2 Å². The molecule has 1 rings (SSSR count). The van der Waals surface area contributed by atoms with Crippen LogP contribution < -0.4 is 5.32 Å².